The molecule has 10 heteroatoms. The van der Waals surface area contributed by atoms with Crippen molar-refractivity contribution in [2.24, 2.45) is 11.1 Å². The van der Waals surface area contributed by atoms with Crippen molar-refractivity contribution in [1.82, 2.24) is 14.8 Å². The number of Topliss-reactive ketones (excluding diaryl/α,β-unsaturated/α-hetero) is 1. The van der Waals surface area contributed by atoms with Gasteiger partial charge in [-0.1, -0.05) is 13.8 Å². The number of carbonyl (C=O) groups is 3. The van der Waals surface area contributed by atoms with E-state index in [0.29, 0.717) is 24.2 Å². The van der Waals surface area contributed by atoms with E-state index in [2.05, 4.69) is 33.9 Å². The number of benzene rings is 1. The monoisotopic (exact) mass is 593 g/mol. The minimum atomic E-state index is -0.816. The van der Waals surface area contributed by atoms with Gasteiger partial charge in [-0.05, 0) is 74.5 Å². The summed E-state index contributed by atoms with van der Waals surface area (Å²) >= 11 is 0. The Morgan fingerprint density at radius 1 is 1.05 bits per heavy atom. The summed E-state index contributed by atoms with van der Waals surface area (Å²) in [5, 5.41) is 6.62. The number of aromatic nitrogens is 1. The summed E-state index contributed by atoms with van der Waals surface area (Å²) in [6.07, 6.45) is 7.51. The Labute approximate surface area is 252 Å². The van der Waals surface area contributed by atoms with E-state index in [4.69, 9.17) is 10.5 Å². The number of nitrogens with two attached hydrogens (primary N) is 1. The fourth-order valence-electron chi connectivity index (χ4n) is 7.61. The highest BCUT2D eigenvalue weighted by Crippen LogP contribution is 2.43. The van der Waals surface area contributed by atoms with Crippen molar-refractivity contribution in [3.8, 4) is 5.69 Å². The quantitative estimate of drug-likeness (QED) is 0.427. The third-order valence-electron chi connectivity index (χ3n) is 9.67. The molecule has 2 heterocycles. The standard InChI is InChI=1S/C33H44FN5O4/c1-33(2)18-27-30(28(40)19-33)23-4-3-5-26(23)39(27)22-16-24(34)31(32(35)42)25(17-22)36-20-6-8-21(9-7-20)37-29(41)10-11-38-12-14-43-15-13-38/h16-17,20-21,36H,3-15,18-19H2,1-2H3,(H2,35,42)(H,37,41). The van der Waals surface area contributed by atoms with Crippen LogP contribution >= 0.6 is 0 Å². The predicted octanol–water partition coefficient (Wildman–Crippen LogP) is 3.92. The number of primary amides is 1. The topological polar surface area (TPSA) is 119 Å². The lowest BCUT2D eigenvalue weighted by Crippen LogP contribution is -2.42. The van der Waals surface area contributed by atoms with Gasteiger partial charge >= 0.3 is 0 Å². The van der Waals surface area contributed by atoms with Crippen LogP contribution in [-0.2, 0) is 28.8 Å². The number of anilines is 1. The zero-order chi connectivity index (χ0) is 30.3. The van der Waals surface area contributed by atoms with Crippen LogP contribution in [-0.4, -0.2) is 72.0 Å². The first-order chi connectivity index (χ1) is 20.6. The molecular weight excluding hydrogens is 549 g/mol. The Bertz CT molecular complexity index is 1420. The van der Waals surface area contributed by atoms with Gasteiger partial charge in [-0.15, -0.1) is 0 Å². The molecule has 9 nitrogen and oxygen atoms in total. The Kier molecular flexibility index (Phi) is 8.35. The second kappa shape index (κ2) is 12.0. The first-order valence-corrected chi connectivity index (χ1v) is 15.9. The normalized spacial score (nSPS) is 23.5. The van der Waals surface area contributed by atoms with Crippen molar-refractivity contribution in [2.45, 2.75) is 90.1 Å². The SMILES string of the molecule is CC1(C)CC(=O)c2c3c(n(-c4cc(F)c(C(N)=O)c(NC5CCC(NC(=O)CCN6CCOCC6)CC5)c4)c2C1)CCC3. The van der Waals surface area contributed by atoms with Gasteiger partial charge in [-0.2, -0.15) is 0 Å². The number of ether oxygens (including phenoxy) is 1. The van der Waals surface area contributed by atoms with E-state index in [1.807, 2.05) is 6.07 Å². The molecule has 4 aliphatic rings. The number of hydrogen-bond donors (Lipinski definition) is 3. The summed E-state index contributed by atoms with van der Waals surface area (Å²) in [6.45, 7) is 8.11. The van der Waals surface area contributed by atoms with Gasteiger partial charge in [0.15, 0.2) is 5.78 Å². The summed E-state index contributed by atoms with van der Waals surface area (Å²) in [4.78, 5) is 40.5. The third-order valence-corrected chi connectivity index (χ3v) is 9.67. The number of nitrogens with one attached hydrogen (secondary N) is 2. The molecule has 232 valence electrons. The molecule has 0 spiro atoms. The van der Waals surface area contributed by atoms with E-state index in [1.54, 1.807) is 0 Å². The lowest BCUT2D eigenvalue weighted by Gasteiger charge is -2.32. The Morgan fingerprint density at radius 2 is 1.77 bits per heavy atom. The maximum atomic E-state index is 15.7. The fraction of sp³-hybridized carbons (Fsp3) is 0.606. The number of ketones is 1. The molecule has 1 saturated carbocycles. The first-order valence-electron chi connectivity index (χ1n) is 15.9. The van der Waals surface area contributed by atoms with E-state index in [-0.39, 0.29) is 34.8 Å². The van der Waals surface area contributed by atoms with Gasteiger partial charge in [0.2, 0.25) is 5.91 Å². The molecule has 43 heavy (non-hydrogen) atoms. The van der Waals surface area contributed by atoms with E-state index in [9.17, 15) is 14.4 Å². The Hall–Kier alpha value is -3.24. The van der Waals surface area contributed by atoms with Gasteiger partial charge in [0.05, 0.1) is 30.2 Å². The van der Waals surface area contributed by atoms with Crippen molar-refractivity contribution >= 4 is 23.3 Å². The number of fused-ring (bicyclic) bond motifs is 3. The van der Waals surface area contributed by atoms with Crippen molar-refractivity contribution in [3.05, 3.63) is 46.0 Å². The number of rotatable bonds is 8. The third kappa shape index (κ3) is 6.22. The number of hydrogen-bond acceptors (Lipinski definition) is 6. The molecule has 1 saturated heterocycles. The Balaban J connectivity index is 1.18. The molecule has 2 aromatic rings. The summed E-state index contributed by atoms with van der Waals surface area (Å²) in [5.41, 5.74) is 10.3. The largest absolute Gasteiger partial charge is 0.382 e. The number of carbonyl (C=O) groups excluding carboxylic acids is 3. The number of nitrogens with zero attached hydrogens (tertiary/aromatic N) is 2. The van der Waals surface area contributed by atoms with Gasteiger partial charge in [0, 0.05) is 61.5 Å². The first kappa shape index (κ1) is 29.8. The molecule has 0 bridgehead atoms. The zero-order valence-electron chi connectivity index (χ0n) is 25.4. The van der Waals surface area contributed by atoms with Crippen molar-refractivity contribution in [2.75, 3.05) is 38.2 Å². The maximum Gasteiger partial charge on any atom is 0.253 e. The van der Waals surface area contributed by atoms with Gasteiger partial charge in [-0.3, -0.25) is 19.3 Å². The number of amides is 2. The number of morpholine rings is 1. The Morgan fingerprint density at radius 3 is 2.49 bits per heavy atom. The van der Waals surface area contributed by atoms with Crippen molar-refractivity contribution < 1.29 is 23.5 Å². The van der Waals surface area contributed by atoms with Crippen molar-refractivity contribution in [3.63, 3.8) is 0 Å². The van der Waals surface area contributed by atoms with E-state index >= 15 is 4.39 Å². The molecule has 2 fully saturated rings. The van der Waals surface area contributed by atoms with Crippen LogP contribution in [0.15, 0.2) is 12.1 Å². The van der Waals surface area contributed by atoms with Crippen molar-refractivity contribution in [1.29, 1.82) is 0 Å². The van der Waals surface area contributed by atoms with Crippen LogP contribution in [0.3, 0.4) is 0 Å². The molecule has 4 N–H and O–H groups in total. The molecule has 2 amide bonds. The average molecular weight is 594 g/mol. The van der Waals surface area contributed by atoms with E-state index in [0.717, 1.165) is 107 Å². The second-order valence-electron chi connectivity index (χ2n) is 13.6. The molecule has 0 unspecified atom stereocenters. The highest BCUT2D eigenvalue weighted by molar-refractivity contribution is 6.01. The van der Waals surface area contributed by atoms with Crippen LogP contribution < -0.4 is 16.4 Å². The minimum absolute atomic E-state index is 0.0130. The van der Waals surface area contributed by atoms with Gasteiger partial charge < -0.3 is 25.7 Å². The van der Waals surface area contributed by atoms with Gasteiger partial charge in [0.1, 0.15) is 5.82 Å². The number of halogens is 1. The predicted molar refractivity (Wildman–Crippen MR) is 162 cm³/mol. The van der Waals surface area contributed by atoms with Crippen LogP contribution in [0.4, 0.5) is 10.1 Å². The van der Waals surface area contributed by atoms with Crippen LogP contribution in [0.25, 0.3) is 5.69 Å². The lowest BCUT2D eigenvalue weighted by molar-refractivity contribution is -0.122. The van der Waals surface area contributed by atoms with Gasteiger partial charge in [0.25, 0.3) is 5.91 Å². The van der Waals surface area contributed by atoms with Crippen LogP contribution in [0.2, 0.25) is 0 Å². The molecule has 3 aliphatic carbocycles. The van der Waals surface area contributed by atoms with Gasteiger partial charge in [-0.25, -0.2) is 4.39 Å². The molecular formula is C33H44FN5O4. The molecule has 0 radical (unpaired) electrons. The average Bonchev–Trinajstić information content (AvgIpc) is 3.52. The highest BCUT2D eigenvalue weighted by atomic mass is 19.1. The highest BCUT2D eigenvalue weighted by Gasteiger charge is 2.39. The lowest BCUT2D eigenvalue weighted by atomic mass is 9.75. The molecule has 1 aromatic carbocycles. The fourth-order valence-corrected chi connectivity index (χ4v) is 7.61. The molecule has 0 atom stereocenters. The molecule has 1 aliphatic heterocycles. The second-order valence-corrected chi connectivity index (χ2v) is 13.6. The summed E-state index contributed by atoms with van der Waals surface area (Å²) in [7, 11) is 0. The van der Waals surface area contributed by atoms with Crippen LogP contribution in [0.1, 0.15) is 96.5 Å². The molecule has 6 rings (SSSR count). The van der Waals surface area contributed by atoms with Crippen LogP contribution in [0, 0.1) is 11.2 Å². The molecule has 1 aromatic heterocycles. The maximum absolute atomic E-state index is 15.7. The summed E-state index contributed by atoms with van der Waals surface area (Å²) in [5.74, 6) is -1.24. The minimum Gasteiger partial charge on any atom is -0.382 e. The summed E-state index contributed by atoms with van der Waals surface area (Å²) < 4.78 is 23.1. The summed E-state index contributed by atoms with van der Waals surface area (Å²) in [6, 6.07) is 3.33. The zero-order valence-corrected chi connectivity index (χ0v) is 25.4. The van der Waals surface area contributed by atoms with E-state index < -0.39 is 11.7 Å². The van der Waals surface area contributed by atoms with E-state index in [1.165, 1.54) is 6.07 Å². The smallest absolute Gasteiger partial charge is 0.253 e. The van der Waals surface area contributed by atoms with Crippen LogP contribution in [0.5, 0.6) is 0 Å².